The number of aldehydes is 1. The zero-order valence-corrected chi connectivity index (χ0v) is 8.48. The van der Waals surface area contributed by atoms with Gasteiger partial charge < -0.3 is 0 Å². The number of carbonyl (C=O) groups excluding carboxylic acids is 1. The summed E-state index contributed by atoms with van der Waals surface area (Å²) in [6.45, 7) is 0. The monoisotopic (exact) mass is 218 g/mol. The van der Waals surface area contributed by atoms with Gasteiger partial charge in [0.15, 0.2) is 6.29 Å². The van der Waals surface area contributed by atoms with Crippen molar-refractivity contribution in [2.75, 3.05) is 0 Å². The highest BCUT2D eigenvalue weighted by molar-refractivity contribution is 6.35. The third kappa shape index (κ3) is 1.87. The van der Waals surface area contributed by atoms with E-state index < -0.39 is 0 Å². The van der Waals surface area contributed by atoms with Crippen LogP contribution in [-0.2, 0) is 0 Å². The van der Waals surface area contributed by atoms with Crippen LogP contribution in [0, 0.1) is 0 Å². The Morgan fingerprint density at radius 1 is 1.20 bits per heavy atom. The highest BCUT2D eigenvalue weighted by Gasteiger charge is 2.07. The first-order valence-electron chi connectivity index (χ1n) is 4.34. The molecule has 0 aliphatic carbocycles. The summed E-state index contributed by atoms with van der Waals surface area (Å²) in [4.78, 5) is 10.7. The van der Waals surface area contributed by atoms with Crippen molar-refractivity contribution in [1.29, 1.82) is 0 Å². The highest BCUT2D eigenvalue weighted by Crippen LogP contribution is 2.27. The van der Waals surface area contributed by atoms with Crippen LogP contribution in [-0.4, -0.2) is 16.5 Å². The van der Waals surface area contributed by atoms with Crippen molar-refractivity contribution < 1.29 is 4.79 Å². The molecule has 0 bridgehead atoms. The van der Waals surface area contributed by atoms with Gasteiger partial charge in [-0.15, -0.1) is 0 Å². The van der Waals surface area contributed by atoms with E-state index in [1.54, 1.807) is 36.5 Å². The first-order valence-corrected chi connectivity index (χ1v) is 4.72. The van der Waals surface area contributed by atoms with E-state index in [1.807, 2.05) is 0 Å². The van der Waals surface area contributed by atoms with Crippen LogP contribution >= 0.6 is 11.6 Å². The molecule has 0 spiro atoms. The molecule has 0 fully saturated rings. The van der Waals surface area contributed by atoms with Crippen molar-refractivity contribution in [2.45, 2.75) is 0 Å². The number of nitrogens with zero attached hydrogens (tertiary/aromatic N) is 2. The summed E-state index contributed by atoms with van der Waals surface area (Å²) in [5, 5.41) is 8.11. The van der Waals surface area contributed by atoms with Gasteiger partial charge in [0.1, 0.15) is 0 Å². The van der Waals surface area contributed by atoms with Crippen molar-refractivity contribution in [3.8, 4) is 11.3 Å². The second kappa shape index (κ2) is 4.19. The van der Waals surface area contributed by atoms with Gasteiger partial charge in [-0.3, -0.25) is 4.79 Å². The van der Waals surface area contributed by atoms with E-state index in [0.717, 1.165) is 11.8 Å². The van der Waals surface area contributed by atoms with Gasteiger partial charge >= 0.3 is 0 Å². The number of hydrogen-bond donors (Lipinski definition) is 0. The fourth-order valence-electron chi connectivity index (χ4n) is 1.28. The zero-order chi connectivity index (χ0) is 10.7. The largest absolute Gasteiger partial charge is 0.298 e. The van der Waals surface area contributed by atoms with Gasteiger partial charge in [0.2, 0.25) is 0 Å². The lowest BCUT2D eigenvalue weighted by atomic mass is 10.1. The SMILES string of the molecule is O=Cc1cccc(-c2cccnn2)c1Cl. The number of aromatic nitrogens is 2. The van der Waals surface area contributed by atoms with E-state index >= 15 is 0 Å². The van der Waals surface area contributed by atoms with E-state index in [9.17, 15) is 4.79 Å². The second-order valence-corrected chi connectivity index (χ2v) is 3.31. The number of carbonyl (C=O) groups is 1. The van der Waals surface area contributed by atoms with E-state index in [2.05, 4.69) is 10.2 Å². The van der Waals surface area contributed by atoms with Crippen molar-refractivity contribution in [1.82, 2.24) is 10.2 Å². The molecule has 15 heavy (non-hydrogen) atoms. The van der Waals surface area contributed by atoms with Gasteiger partial charge in [0.05, 0.1) is 10.7 Å². The minimum atomic E-state index is 0.410. The molecule has 3 nitrogen and oxygen atoms in total. The Kier molecular flexibility index (Phi) is 2.74. The van der Waals surface area contributed by atoms with Crippen LogP contribution in [0.3, 0.4) is 0 Å². The maximum absolute atomic E-state index is 10.7. The molecule has 0 atom stereocenters. The molecule has 0 N–H and O–H groups in total. The summed E-state index contributed by atoms with van der Waals surface area (Å²) < 4.78 is 0. The molecule has 0 unspecified atom stereocenters. The topological polar surface area (TPSA) is 42.9 Å². The molecule has 2 rings (SSSR count). The minimum Gasteiger partial charge on any atom is -0.298 e. The Hall–Kier alpha value is -1.74. The molecule has 1 aromatic heterocycles. The van der Waals surface area contributed by atoms with Crippen LogP contribution in [0.5, 0.6) is 0 Å². The van der Waals surface area contributed by atoms with Crippen molar-refractivity contribution in [3.05, 3.63) is 47.1 Å². The Bertz CT molecular complexity index is 485. The lowest BCUT2D eigenvalue weighted by Gasteiger charge is -2.03. The Morgan fingerprint density at radius 3 is 2.73 bits per heavy atom. The van der Waals surface area contributed by atoms with Crippen molar-refractivity contribution in [2.24, 2.45) is 0 Å². The normalized spacial score (nSPS) is 9.93. The predicted molar refractivity (Wildman–Crippen MR) is 57.9 cm³/mol. The fourth-order valence-corrected chi connectivity index (χ4v) is 1.55. The quantitative estimate of drug-likeness (QED) is 0.728. The third-order valence-corrected chi connectivity index (χ3v) is 2.43. The first-order chi connectivity index (χ1) is 7.33. The number of halogens is 1. The molecule has 74 valence electrons. The molecule has 0 aliphatic rings. The fraction of sp³-hybridized carbons (Fsp3) is 0. The molecule has 0 aliphatic heterocycles. The summed E-state index contributed by atoms with van der Waals surface area (Å²) in [5.74, 6) is 0. The van der Waals surface area contributed by atoms with E-state index in [4.69, 9.17) is 11.6 Å². The number of benzene rings is 1. The Morgan fingerprint density at radius 2 is 2.07 bits per heavy atom. The van der Waals surface area contributed by atoms with E-state index in [1.165, 1.54) is 0 Å². The maximum atomic E-state index is 10.7. The lowest BCUT2D eigenvalue weighted by Crippen LogP contribution is -1.89. The van der Waals surface area contributed by atoms with E-state index in [-0.39, 0.29) is 0 Å². The van der Waals surface area contributed by atoms with Gasteiger partial charge in [-0.2, -0.15) is 10.2 Å². The van der Waals surface area contributed by atoms with E-state index in [0.29, 0.717) is 16.3 Å². The minimum absolute atomic E-state index is 0.410. The summed E-state index contributed by atoms with van der Waals surface area (Å²) in [7, 11) is 0. The van der Waals surface area contributed by atoms with Crippen molar-refractivity contribution in [3.63, 3.8) is 0 Å². The van der Waals surface area contributed by atoms with Gasteiger partial charge in [0, 0.05) is 17.3 Å². The van der Waals surface area contributed by atoms with Gasteiger partial charge in [-0.05, 0) is 12.1 Å². The molecule has 0 radical (unpaired) electrons. The number of rotatable bonds is 2. The molecule has 4 heteroatoms. The summed E-state index contributed by atoms with van der Waals surface area (Å²) in [6, 6.07) is 8.79. The van der Waals surface area contributed by atoms with Gasteiger partial charge in [0.25, 0.3) is 0 Å². The zero-order valence-electron chi connectivity index (χ0n) is 7.72. The summed E-state index contributed by atoms with van der Waals surface area (Å²) in [5.41, 5.74) is 1.83. The average Bonchev–Trinajstić information content (AvgIpc) is 2.30. The molecule has 1 aromatic carbocycles. The van der Waals surface area contributed by atoms with Gasteiger partial charge in [-0.25, -0.2) is 0 Å². The van der Waals surface area contributed by atoms with Crippen molar-refractivity contribution >= 4 is 17.9 Å². The van der Waals surface area contributed by atoms with Crippen LogP contribution in [0.15, 0.2) is 36.5 Å². The Balaban J connectivity index is 2.59. The van der Waals surface area contributed by atoms with Crippen LogP contribution in [0.1, 0.15) is 10.4 Å². The summed E-state index contributed by atoms with van der Waals surface area (Å²) >= 11 is 6.04. The lowest BCUT2D eigenvalue weighted by molar-refractivity contribution is 0.112. The van der Waals surface area contributed by atoms with Gasteiger partial charge in [-0.1, -0.05) is 29.8 Å². The average molecular weight is 219 g/mol. The molecule has 0 amide bonds. The standard InChI is InChI=1S/C11H7ClN2O/c12-11-8(7-15)3-1-4-9(11)10-5-2-6-13-14-10/h1-7H. The Labute approximate surface area is 91.7 Å². The van der Waals surface area contributed by atoms with Crippen LogP contribution in [0.2, 0.25) is 5.02 Å². The number of hydrogen-bond acceptors (Lipinski definition) is 3. The molecule has 0 saturated carbocycles. The maximum Gasteiger partial charge on any atom is 0.151 e. The smallest absolute Gasteiger partial charge is 0.151 e. The molecular weight excluding hydrogens is 212 g/mol. The second-order valence-electron chi connectivity index (χ2n) is 2.94. The van der Waals surface area contributed by atoms with Crippen LogP contribution < -0.4 is 0 Å². The van der Waals surface area contributed by atoms with Crippen LogP contribution in [0.25, 0.3) is 11.3 Å². The molecule has 0 saturated heterocycles. The third-order valence-electron chi connectivity index (χ3n) is 2.00. The molecule has 1 heterocycles. The van der Waals surface area contributed by atoms with Crippen LogP contribution in [0.4, 0.5) is 0 Å². The first kappa shape index (κ1) is 9.80. The summed E-state index contributed by atoms with van der Waals surface area (Å²) in [6.07, 6.45) is 2.31. The molecule has 2 aromatic rings. The predicted octanol–water partition coefficient (Wildman–Crippen LogP) is 2.61. The highest BCUT2D eigenvalue weighted by atomic mass is 35.5. The molecular formula is C11H7ClN2O.